The lowest BCUT2D eigenvalue weighted by atomic mass is 10.1. The van der Waals surface area contributed by atoms with Gasteiger partial charge in [0.2, 0.25) is 10.0 Å². The Bertz CT molecular complexity index is 812. The number of benzene rings is 1. The topological polar surface area (TPSA) is 125 Å². The number of rotatable bonds is 7. The number of amides is 1. The molecule has 0 aliphatic rings. The van der Waals surface area contributed by atoms with Gasteiger partial charge in [-0.2, -0.15) is 0 Å². The highest BCUT2D eigenvalue weighted by Crippen LogP contribution is 2.18. The van der Waals surface area contributed by atoms with Gasteiger partial charge in [0, 0.05) is 6.54 Å². The molecule has 2 aromatic rings. The molecule has 0 fully saturated rings. The number of aryl methyl sites for hydroxylation is 1. The molecule has 24 heavy (non-hydrogen) atoms. The zero-order valence-electron chi connectivity index (χ0n) is 13.4. The summed E-state index contributed by atoms with van der Waals surface area (Å²) in [6.45, 7) is 4.27. The Morgan fingerprint density at radius 3 is 2.58 bits per heavy atom. The highest BCUT2D eigenvalue weighted by Gasteiger charge is 2.17. The lowest BCUT2D eigenvalue weighted by molar-refractivity contribution is 0.0911. The Hall–Kier alpha value is -2.39. The summed E-state index contributed by atoms with van der Waals surface area (Å²) in [5.74, 6) is -0.257. The fourth-order valence-electron chi connectivity index (χ4n) is 1.99. The molecule has 1 heterocycles. The molecule has 0 bridgehead atoms. The first-order valence-corrected chi connectivity index (χ1v) is 8.86. The molecule has 0 spiro atoms. The summed E-state index contributed by atoms with van der Waals surface area (Å²) in [6, 6.07) is 6.15. The number of sulfonamides is 1. The van der Waals surface area contributed by atoms with Crippen LogP contribution in [0.25, 0.3) is 0 Å². The van der Waals surface area contributed by atoms with Crippen molar-refractivity contribution in [3.8, 4) is 5.95 Å². The number of hydrogen-bond donors (Lipinski definition) is 2. The molecule has 0 aliphatic carbocycles. The normalized spacial score (nSPS) is 11.3. The number of aromatic nitrogens is 1. The number of nitrogens with two attached hydrogens (primary N) is 1. The number of ether oxygens (including phenoxy) is 1. The van der Waals surface area contributed by atoms with Crippen LogP contribution in [-0.2, 0) is 16.4 Å². The van der Waals surface area contributed by atoms with Crippen molar-refractivity contribution in [2.45, 2.75) is 25.2 Å². The second-order valence-electron chi connectivity index (χ2n) is 5.02. The largest absolute Gasteiger partial charge is 0.464 e. The van der Waals surface area contributed by atoms with E-state index in [0.29, 0.717) is 25.3 Å². The van der Waals surface area contributed by atoms with Crippen molar-refractivity contribution in [2.24, 2.45) is 5.14 Å². The van der Waals surface area contributed by atoms with Crippen molar-refractivity contribution in [2.75, 3.05) is 13.2 Å². The van der Waals surface area contributed by atoms with Gasteiger partial charge in [-0.25, -0.2) is 18.5 Å². The summed E-state index contributed by atoms with van der Waals surface area (Å²) in [4.78, 5) is 16.0. The molecule has 1 aromatic heterocycles. The molecule has 0 radical (unpaired) electrons. The summed E-state index contributed by atoms with van der Waals surface area (Å²) >= 11 is 0. The molecule has 0 aliphatic heterocycles. The van der Waals surface area contributed by atoms with Crippen LogP contribution in [0.1, 0.15) is 28.9 Å². The molecule has 1 aromatic carbocycles. The van der Waals surface area contributed by atoms with Crippen LogP contribution >= 0.6 is 0 Å². The maximum Gasteiger partial charge on any atom is 0.308 e. The van der Waals surface area contributed by atoms with Gasteiger partial charge in [-0.3, -0.25) is 4.79 Å². The molecule has 0 saturated carbocycles. The van der Waals surface area contributed by atoms with E-state index in [9.17, 15) is 13.2 Å². The zero-order chi connectivity index (χ0) is 17.7. The second kappa shape index (κ2) is 7.45. The van der Waals surface area contributed by atoms with Crippen molar-refractivity contribution >= 4 is 15.9 Å². The first kappa shape index (κ1) is 18.0. The Morgan fingerprint density at radius 2 is 2.00 bits per heavy atom. The molecule has 0 saturated heterocycles. The first-order valence-electron chi connectivity index (χ1n) is 7.31. The van der Waals surface area contributed by atoms with Crippen LogP contribution in [0, 0.1) is 6.92 Å². The highest BCUT2D eigenvalue weighted by molar-refractivity contribution is 7.89. The molecule has 0 atom stereocenters. The Labute approximate surface area is 140 Å². The van der Waals surface area contributed by atoms with Gasteiger partial charge in [0.25, 0.3) is 5.89 Å². The van der Waals surface area contributed by atoms with E-state index in [-0.39, 0.29) is 16.7 Å². The molecule has 3 N–H and O–H groups in total. The molecule has 1 amide bonds. The SMILES string of the molecule is CCOc1oc(C(=O)NCCc2ccc(S(N)(=O)=O)cc2)nc1C. The number of oxazole rings is 1. The molecular formula is C15H19N3O5S. The van der Waals surface area contributed by atoms with Gasteiger partial charge in [-0.1, -0.05) is 12.1 Å². The van der Waals surface area contributed by atoms with Crippen molar-refractivity contribution in [1.29, 1.82) is 0 Å². The van der Waals surface area contributed by atoms with Gasteiger partial charge >= 0.3 is 11.9 Å². The van der Waals surface area contributed by atoms with E-state index in [4.69, 9.17) is 14.3 Å². The molecular weight excluding hydrogens is 334 g/mol. The number of nitrogens with zero attached hydrogens (tertiary/aromatic N) is 1. The molecule has 8 nitrogen and oxygen atoms in total. The minimum absolute atomic E-state index is 0.0500. The number of carbonyl (C=O) groups excluding carboxylic acids is 1. The average molecular weight is 353 g/mol. The Morgan fingerprint density at radius 1 is 1.33 bits per heavy atom. The summed E-state index contributed by atoms with van der Waals surface area (Å²) in [6.07, 6.45) is 0.522. The van der Waals surface area contributed by atoms with E-state index in [1.54, 1.807) is 19.1 Å². The van der Waals surface area contributed by atoms with Crippen molar-refractivity contribution in [3.63, 3.8) is 0 Å². The van der Waals surface area contributed by atoms with Crippen LogP contribution in [0.2, 0.25) is 0 Å². The second-order valence-corrected chi connectivity index (χ2v) is 6.58. The van der Waals surface area contributed by atoms with Gasteiger partial charge in [-0.05, 0) is 38.0 Å². The van der Waals surface area contributed by atoms with Crippen LogP contribution in [0.4, 0.5) is 0 Å². The minimum Gasteiger partial charge on any atom is -0.464 e. The van der Waals surface area contributed by atoms with Gasteiger partial charge < -0.3 is 14.5 Å². The maximum absolute atomic E-state index is 12.0. The fourth-order valence-corrected chi connectivity index (χ4v) is 2.50. The third-order valence-electron chi connectivity index (χ3n) is 3.17. The minimum atomic E-state index is -3.70. The molecule has 130 valence electrons. The lowest BCUT2D eigenvalue weighted by Gasteiger charge is -2.04. The van der Waals surface area contributed by atoms with E-state index in [0.717, 1.165) is 5.56 Å². The average Bonchev–Trinajstić information content (AvgIpc) is 2.88. The fraction of sp³-hybridized carbons (Fsp3) is 0.333. The molecule has 9 heteroatoms. The van der Waals surface area contributed by atoms with Crippen molar-refractivity contribution < 1.29 is 22.4 Å². The maximum atomic E-state index is 12.0. The summed E-state index contributed by atoms with van der Waals surface area (Å²) in [5.41, 5.74) is 1.38. The van der Waals surface area contributed by atoms with Gasteiger partial charge in [0.1, 0.15) is 5.69 Å². The Kier molecular flexibility index (Phi) is 5.58. The van der Waals surface area contributed by atoms with Gasteiger partial charge in [0.15, 0.2) is 0 Å². The third kappa shape index (κ3) is 4.56. The van der Waals surface area contributed by atoms with Crippen molar-refractivity contribution in [3.05, 3.63) is 41.4 Å². The van der Waals surface area contributed by atoms with Crippen LogP contribution in [0.15, 0.2) is 33.6 Å². The highest BCUT2D eigenvalue weighted by atomic mass is 32.2. The van der Waals surface area contributed by atoms with Gasteiger partial charge in [-0.15, -0.1) is 0 Å². The van der Waals surface area contributed by atoms with E-state index in [2.05, 4.69) is 10.3 Å². The van der Waals surface area contributed by atoms with Crippen LogP contribution in [0.5, 0.6) is 5.95 Å². The van der Waals surface area contributed by atoms with Gasteiger partial charge in [0.05, 0.1) is 11.5 Å². The number of primary sulfonamides is 1. The van der Waals surface area contributed by atoms with E-state index < -0.39 is 15.9 Å². The van der Waals surface area contributed by atoms with E-state index >= 15 is 0 Å². The number of carbonyl (C=O) groups is 1. The zero-order valence-corrected chi connectivity index (χ0v) is 14.2. The summed E-state index contributed by atoms with van der Waals surface area (Å²) in [5, 5.41) is 7.72. The Balaban J connectivity index is 1.89. The first-order chi connectivity index (χ1) is 11.3. The van der Waals surface area contributed by atoms with E-state index in [1.165, 1.54) is 12.1 Å². The number of hydrogen-bond acceptors (Lipinski definition) is 6. The monoisotopic (exact) mass is 353 g/mol. The van der Waals surface area contributed by atoms with E-state index in [1.807, 2.05) is 6.92 Å². The number of nitrogens with one attached hydrogen (secondary N) is 1. The quantitative estimate of drug-likeness (QED) is 0.765. The standard InChI is InChI=1S/C15H19N3O5S/c1-3-22-15-10(2)18-14(23-15)13(19)17-9-8-11-4-6-12(7-5-11)24(16,20)21/h4-7H,3,8-9H2,1-2H3,(H,17,19)(H2,16,20,21). The van der Waals surface area contributed by atoms with Crippen LogP contribution in [-0.4, -0.2) is 32.5 Å². The molecule has 0 unspecified atom stereocenters. The smallest absolute Gasteiger partial charge is 0.308 e. The summed E-state index contributed by atoms with van der Waals surface area (Å²) in [7, 11) is -3.70. The predicted octanol–water partition coefficient (Wildman–Crippen LogP) is 1.00. The third-order valence-corrected chi connectivity index (χ3v) is 4.10. The molecule has 2 rings (SSSR count). The van der Waals surface area contributed by atoms with Crippen molar-refractivity contribution in [1.82, 2.24) is 10.3 Å². The predicted molar refractivity (Wildman–Crippen MR) is 86.3 cm³/mol. The summed E-state index contributed by atoms with van der Waals surface area (Å²) < 4.78 is 32.8. The van der Waals surface area contributed by atoms with Crippen LogP contribution < -0.4 is 15.2 Å². The van der Waals surface area contributed by atoms with Crippen LogP contribution in [0.3, 0.4) is 0 Å². The lowest BCUT2D eigenvalue weighted by Crippen LogP contribution is -2.26.